The summed E-state index contributed by atoms with van der Waals surface area (Å²) in [6.07, 6.45) is 3.63. The maximum Gasteiger partial charge on any atom is 0.229 e. The number of unbranched alkanes of at least 4 members (excludes halogenated alkanes) is 3. The van der Waals surface area contributed by atoms with Gasteiger partial charge >= 0.3 is 0 Å². The smallest absolute Gasteiger partial charge is 0.229 e. The van der Waals surface area contributed by atoms with Crippen molar-refractivity contribution in [2.75, 3.05) is 17.2 Å². The van der Waals surface area contributed by atoms with Crippen LogP contribution in [0, 0.1) is 28.3 Å². The molecule has 1 aromatic heterocycles. The van der Waals surface area contributed by atoms with Crippen molar-refractivity contribution >= 4 is 34.2 Å². The van der Waals surface area contributed by atoms with E-state index in [2.05, 4.69) is 17.6 Å². The van der Waals surface area contributed by atoms with E-state index in [1.807, 2.05) is 0 Å². The molecule has 3 aromatic rings. The lowest BCUT2D eigenvalue weighted by atomic mass is 9.95. The number of hydrogen-bond donors (Lipinski definition) is 2. The zero-order valence-electron chi connectivity index (χ0n) is 25.2. The first kappa shape index (κ1) is 32.8. The van der Waals surface area contributed by atoms with Gasteiger partial charge in [-0.2, -0.15) is 0 Å². The molecule has 0 aliphatic heterocycles. The summed E-state index contributed by atoms with van der Waals surface area (Å²) in [4.78, 5) is 38.4. The van der Waals surface area contributed by atoms with Crippen molar-refractivity contribution in [2.24, 2.45) is 10.8 Å². The van der Waals surface area contributed by atoms with Gasteiger partial charge in [0.1, 0.15) is 11.6 Å². The first-order valence-electron chi connectivity index (χ1n) is 14.0. The predicted octanol–water partition coefficient (Wildman–Crippen LogP) is 7.94. The van der Waals surface area contributed by atoms with Crippen LogP contribution >= 0.6 is 0 Å². The van der Waals surface area contributed by atoms with E-state index in [1.165, 1.54) is 12.1 Å². The van der Waals surface area contributed by atoms with Gasteiger partial charge in [-0.1, -0.05) is 67.7 Å². The Morgan fingerprint density at radius 2 is 1.52 bits per heavy atom. The minimum atomic E-state index is -1.15. The number of halogens is 3. The molecule has 228 valence electrons. The van der Waals surface area contributed by atoms with Crippen LogP contribution in [0.2, 0.25) is 0 Å². The minimum absolute atomic E-state index is 0.0815. The third-order valence-electron chi connectivity index (χ3n) is 6.64. The topological polar surface area (TPSA) is 97.6 Å². The number of rotatable bonds is 10. The molecule has 0 unspecified atom stereocenters. The average molecular weight is 589 g/mol. The minimum Gasteiger partial charge on any atom is -0.453 e. The lowest BCUT2D eigenvalue weighted by molar-refractivity contribution is -0.123. The van der Waals surface area contributed by atoms with E-state index in [0.29, 0.717) is 6.42 Å². The second-order valence-electron chi connectivity index (χ2n) is 12.4. The van der Waals surface area contributed by atoms with E-state index in [-0.39, 0.29) is 23.6 Å². The van der Waals surface area contributed by atoms with Gasteiger partial charge in [0.25, 0.3) is 0 Å². The Kier molecular flexibility index (Phi) is 10.3. The molecule has 2 aromatic carbocycles. The van der Waals surface area contributed by atoms with Crippen LogP contribution in [-0.4, -0.2) is 18.4 Å². The van der Waals surface area contributed by atoms with Gasteiger partial charge in [-0.15, -0.1) is 0 Å². The van der Waals surface area contributed by atoms with Crippen molar-refractivity contribution in [2.45, 2.75) is 80.8 Å². The maximum absolute atomic E-state index is 15.8. The summed E-state index contributed by atoms with van der Waals surface area (Å²) in [6.45, 7) is 11.7. The van der Waals surface area contributed by atoms with Crippen LogP contribution in [0.3, 0.4) is 0 Å². The molecule has 10 heteroatoms. The van der Waals surface area contributed by atoms with Crippen molar-refractivity contribution in [3.63, 3.8) is 0 Å². The molecule has 0 radical (unpaired) electrons. The Labute approximate surface area is 243 Å². The Morgan fingerprint density at radius 3 is 2.12 bits per heavy atom. The highest BCUT2D eigenvalue weighted by Crippen LogP contribution is 2.35. The Balaban J connectivity index is 2.11. The van der Waals surface area contributed by atoms with Crippen LogP contribution in [0.1, 0.15) is 79.7 Å². The van der Waals surface area contributed by atoms with Crippen LogP contribution < -0.4 is 16.1 Å². The summed E-state index contributed by atoms with van der Waals surface area (Å²) in [6, 6.07) is 4.70. The third-order valence-corrected chi connectivity index (χ3v) is 6.64. The quantitative estimate of drug-likeness (QED) is 0.234. The average Bonchev–Trinajstić information content (AvgIpc) is 2.89. The highest BCUT2D eigenvalue weighted by molar-refractivity contribution is 6.03. The lowest BCUT2D eigenvalue weighted by Gasteiger charge is -2.20. The number of benzene rings is 2. The number of amides is 2. The van der Waals surface area contributed by atoms with Gasteiger partial charge in [0.15, 0.2) is 22.6 Å². The molecule has 0 atom stereocenters. The van der Waals surface area contributed by atoms with Gasteiger partial charge in [-0.05, 0) is 24.6 Å². The van der Waals surface area contributed by atoms with Crippen LogP contribution in [0.4, 0.5) is 24.5 Å². The fourth-order valence-corrected chi connectivity index (χ4v) is 3.95. The lowest BCUT2D eigenvalue weighted by Crippen LogP contribution is -2.29. The summed E-state index contributed by atoms with van der Waals surface area (Å²) in [5.74, 6) is -4.28. The summed E-state index contributed by atoms with van der Waals surface area (Å²) >= 11 is 0. The monoisotopic (exact) mass is 588 g/mol. The molecule has 0 aliphatic rings. The number of ether oxygens (including phenoxy) is 1. The SMILES string of the molecule is CCCCCCOCc1c(F)c(NC(=O)C(C)(C)C)c2c(=O)cc(-c3ccc(NC(=O)C(C)(C)C)c(F)c3)oc2c1F. The molecule has 42 heavy (non-hydrogen) atoms. The molecule has 2 N–H and O–H groups in total. The van der Waals surface area contributed by atoms with Gasteiger partial charge in [0, 0.05) is 29.1 Å². The first-order chi connectivity index (χ1) is 19.6. The highest BCUT2D eigenvalue weighted by atomic mass is 19.1. The second kappa shape index (κ2) is 13.1. The van der Waals surface area contributed by atoms with Crippen molar-refractivity contribution < 1.29 is 31.9 Å². The Hall–Kier alpha value is -3.66. The van der Waals surface area contributed by atoms with Crippen molar-refractivity contribution in [1.29, 1.82) is 0 Å². The number of carbonyl (C=O) groups excluding carboxylic acids is 2. The molecule has 7 nitrogen and oxygen atoms in total. The van der Waals surface area contributed by atoms with Gasteiger partial charge in [0.2, 0.25) is 11.8 Å². The molecular formula is C32H39F3N2O5. The van der Waals surface area contributed by atoms with E-state index in [1.54, 1.807) is 41.5 Å². The third kappa shape index (κ3) is 7.59. The first-order valence-corrected chi connectivity index (χ1v) is 14.0. The van der Waals surface area contributed by atoms with Crippen LogP contribution in [0.25, 0.3) is 22.3 Å². The normalized spacial score (nSPS) is 12.0. The van der Waals surface area contributed by atoms with Crippen molar-refractivity contribution in [1.82, 2.24) is 0 Å². The van der Waals surface area contributed by atoms with Crippen LogP contribution in [0.5, 0.6) is 0 Å². The maximum atomic E-state index is 15.8. The second-order valence-corrected chi connectivity index (χ2v) is 12.4. The summed E-state index contributed by atoms with van der Waals surface area (Å²) in [7, 11) is 0. The highest BCUT2D eigenvalue weighted by Gasteiger charge is 2.29. The van der Waals surface area contributed by atoms with Gasteiger partial charge < -0.3 is 19.8 Å². The number of hydrogen-bond acceptors (Lipinski definition) is 5. The summed E-state index contributed by atoms with van der Waals surface area (Å²) < 4.78 is 57.8. The van der Waals surface area contributed by atoms with E-state index in [0.717, 1.165) is 31.4 Å². The molecule has 0 aliphatic carbocycles. The van der Waals surface area contributed by atoms with Crippen LogP contribution in [-0.2, 0) is 20.9 Å². The van der Waals surface area contributed by atoms with Gasteiger partial charge in [-0.25, -0.2) is 13.2 Å². The summed E-state index contributed by atoms with van der Waals surface area (Å²) in [5, 5.41) is 4.44. The molecule has 3 rings (SSSR count). The van der Waals surface area contributed by atoms with E-state index < -0.39 is 74.4 Å². The molecule has 0 spiro atoms. The Morgan fingerprint density at radius 1 is 0.881 bits per heavy atom. The molecule has 1 heterocycles. The molecule has 0 saturated heterocycles. The van der Waals surface area contributed by atoms with E-state index >= 15 is 8.78 Å². The summed E-state index contributed by atoms with van der Waals surface area (Å²) in [5.41, 5.74) is -4.18. The number of anilines is 2. The zero-order valence-corrected chi connectivity index (χ0v) is 25.2. The number of carbonyl (C=O) groups is 2. The van der Waals surface area contributed by atoms with Crippen LogP contribution in [0.15, 0.2) is 33.5 Å². The van der Waals surface area contributed by atoms with Crippen molar-refractivity contribution in [3.8, 4) is 11.3 Å². The Bertz CT molecular complexity index is 1530. The predicted molar refractivity (Wildman–Crippen MR) is 158 cm³/mol. The fraction of sp³-hybridized carbons (Fsp3) is 0.469. The molecule has 0 fully saturated rings. The number of nitrogens with one attached hydrogen (secondary N) is 2. The zero-order chi connectivity index (χ0) is 31.4. The van der Waals surface area contributed by atoms with Gasteiger partial charge in [-0.3, -0.25) is 14.4 Å². The molecule has 0 saturated carbocycles. The largest absolute Gasteiger partial charge is 0.453 e. The molecule has 0 bridgehead atoms. The van der Waals surface area contributed by atoms with Gasteiger partial charge in [0.05, 0.1) is 28.9 Å². The molecular weight excluding hydrogens is 549 g/mol. The van der Waals surface area contributed by atoms with Crippen molar-refractivity contribution in [3.05, 3.63) is 57.5 Å². The van der Waals surface area contributed by atoms with E-state index in [9.17, 15) is 18.8 Å². The molecule has 2 amide bonds. The number of fused-ring (bicyclic) bond motifs is 1. The fourth-order valence-electron chi connectivity index (χ4n) is 3.95. The standard InChI is InChI=1S/C32H39F3N2O5/c1-8-9-10-11-14-41-17-19-25(34)27(37-30(40)32(5,6)7)24-22(38)16-23(42-28(24)26(19)35)18-12-13-21(20(33)15-18)36-29(39)31(2,3)4/h12-13,15-16H,8-11,14,17H2,1-7H3,(H,36,39)(H,37,40). The van der Waals surface area contributed by atoms with E-state index in [4.69, 9.17) is 9.15 Å².